The van der Waals surface area contributed by atoms with Crippen LogP contribution in [0.2, 0.25) is 5.02 Å². The average molecular weight is 494 g/mol. The van der Waals surface area contributed by atoms with Gasteiger partial charge in [-0.15, -0.1) is 0 Å². The summed E-state index contributed by atoms with van der Waals surface area (Å²) in [6.07, 6.45) is 4.23. The number of anilines is 1. The van der Waals surface area contributed by atoms with Gasteiger partial charge in [0.2, 0.25) is 17.2 Å². The van der Waals surface area contributed by atoms with Crippen LogP contribution in [0.5, 0.6) is 17.2 Å². The van der Waals surface area contributed by atoms with Gasteiger partial charge in [-0.05, 0) is 37.5 Å². The van der Waals surface area contributed by atoms with Crippen LogP contribution in [0.3, 0.4) is 0 Å². The van der Waals surface area contributed by atoms with Crippen molar-refractivity contribution in [2.45, 2.75) is 37.7 Å². The Bertz CT molecular complexity index is 1440. The number of benzene rings is 2. The molecule has 0 radical (unpaired) electrons. The number of carbonyl (C=O) groups is 2. The Morgan fingerprint density at radius 3 is 2.63 bits per heavy atom. The van der Waals surface area contributed by atoms with E-state index in [0.29, 0.717) is 23.8 Å². The number of imidazole rings is 1. The Morgan fingerprint density at radius 2 is 1.94 bits per heavy atom. The molecule has 1 aromatic heterocycles. The van der Waals surface area contributed by atoms with Gasteiger partial charge >= 0.3 is 0 Å². The molecule has 9 heteroatoms. The minimum absolute atomic E-state index is 0.119. The highest BCUT2D eigenvalue weighted by atomic mass is 35.5. The smallest absolute Gasteiger partial charge is 0.236 e. The van der Waals surface area contributed by atoms with E-state index >= 15 is 0 Å². The molecule has 2 N–H and O–H groups in total. The molecule has 1 aliphatic heterocycles. The number of fused-ring (bicyclic) bond motifs is 2. The molecule has 0 saturated heterocycles. The maximum atomic E-state index is 13.6. The van der Waals surface area contributed by atoms with E-state index in [9.17, 15) is 9.59 Å². The van der Waals surface area contributed by atoms with Crippen LogP contribution in [0.15, 0.2) is 36.0 Å². The normalized spacial score (nSPS) is 23.3. The third-order valence-electron chi connectivity index (χ3n) is 7.08. The van der Waals surface area contributed by atoms with Crippen molar-refractivity contribution in [3.63, 3.8) is 0 Å². The number of hydrogen-bond acceptors (Lipinski definition) is 7. The zero-order chi connectivity index (χ0) is 24.5. The first-order valence-corrected chi connectivity index (χ1v) is 11.9. The molecule has 0 amide bonds. The molecular weight excluding hydrogens is 470 g/mol. The first-order valence-electron chi connectivity index (χ1n) is 11.6. The molecule has 1 spiro atoms. The standard InChI is InChI=1S/C26H24ClN3O5/c1-12-8-15(28-14-6-7-16-17(9-14)30-25(29-16)13-4-5-13)10-20(31)26(12)24(32)21-18(33-2)11-19(34-3)22(27)23(21)35-26/h6-7,9-13,28H,4-5,8H2,1-3H3,(H,29,30). The number of rotatable bonds is 5. The molecule has 8 nitrogen and oxygen atoms in total. The molecule has 6 rings (SSSR count). The van der Waals surface area contributed by atoms with Gasteiger partial charge in [0, 0.05) is 35.4 Å². The monoisotopic (exact) mass is 493 g/mol. The second kappa shape index (κ2) is 7.75. The lowest BCUT2D eigenvalue weighted by atomic mass is 9.74. The highest BCUT2D eigenvalue weighted by Gasteiger charge is 2.60. The molecule has 1 fully saturated rings. The van der Waals surface area contributed by atoms with Crippen LogP contribution in [0.25, 0.3) is 11.0 Å². The lowest BCUT2D eigenvalue weighted by molar-refractivity contribution is -0.129. The number of nitrogens with one attached hydrogen (secondary N) is 2. The maximum absolute atomic E-state index is 13.6. The molecular formula is C26H24ClN3O5. The van der Waals surface area contributed by atoms with Gasteiger partial charge in [-0.2, -0.15) is 0 Å². The number of aromatic nitrogens is 2. The second-order valence-electron chi connectivity index (χ2n) is 9.36. The van der Waals surface area contributed by atoms with Gasteiger partial charge in [-0.3, -0.25) is 9.59 Å². The summed E-state index contributed by atoms with van der Waals surface area (Å²) < 4.78 is 16.8. The first kappa shape index (κ1) is 22.0. The van der Waals surface area contributed by atoms with Gasteiger partial charge in [0.15, 0.2) is 5.75 Å². The number of allylic oxidation sites excluding steroid dienone is 1. The molecule has 35 heavy (non-hydrogen) atoms. The van der Waals surface area contributed by atoms with E-state index in [2.05, 4.69) is 15.3 Å². The van der Waals surface area contributed by atoms with E-state index in [1.165, 1.54) is 39.2 Å². The van der Waals surface area contributed by atoms with Crippen LogP contribution in [0.1, 0.15) is 48.3 Å². The Morgan fingerprint density at radius 1 is 1.17 bits per heavy atom. The largest absolute Gasteiger partial charge is 0.496 e. The van der Waals surface area contributed by atoms with Crippen molar-refractivity contribution < 1.29 is 23.8 Å². The summed E-state index contributed by atoms with van der Waals surface area (Å²) in [7, 11) is 2.90. The number of H-pyrrole nitrogens is 1. The van der Waals surface area contributed by atoms with E-state index in [4.69, 9.17) is 25.8 Å². The van der Waals surface area contributed by atoms with Gasteiger partial charge in [-0.25, -0.2) is 4.98 Å². The Balaban J connectivity index is 1.31. The number of nitrogens with zero attached hydrogens (tertiary/aromatic N) is 1. The third-order valence-corrected chi connectivity index (χ3v) is 7.44. The van der Waals surface area contributed by atoms with Crippen molar-refractivity contribution in [2.24, 2.45) is 5.92 Å². The number of methoxy groups -OCH3 is 2. The fourth-order valence-corrected chi connectivity index (χ4v) is 5.32. The number of halogens is 1. The predicted octanol–water partition coefficient (Wildman–Crippen LogP) is 5.03. The number of ketones is 2. The Hall–Kier alpha value is -3.52. The van der Waals surface area contributed by atoms with Crippen LogP contribution in [-0.2, 0) is 4.79 Å². The molecule has 2 atom stereocenters. The van der Waals surface area contributed by atoms with Gasteiger partial charge in [0.05, 0.1) is 25.3 Å². The molecule has 180 valence electrons. The minimum Gasteiger partial charge on any atom is -0.496 e. The van der Waals surface area contributed by atoms with E-state index in [0.717, 1.165) is 22.5 Å². The summed E-state index contributed by atoms with van der Waals surface area (Å²) in [5, 5.41) is 3.48. The Labute approximate surface area is 206 Å². The van der Waals surface area contributed by atoms with Crippen molar-refractivity contribution >= 4 is 39.9 Å². The molecule has 2 aliphatic carbocycles. The minimum atomic E-state index is -1.69. The van der Waals surface area contributed by atoms with Gasteiger partial charge in [0.1, 0.15) is 27.9 Å². The second-order valence-corrected chi connectivity index (χ2v) is 9.74. The summed E-state index contributed by atoms with van der Waals surface area (Å²) in [5.74, 6) is 0.912. The fourth-order valence-electron chi connectivity index (χ4n) is 5.06. The van der Waals surface area contributed by atoms with Crippen LogP contribution in [0, 0.1) is 5.92 Å². The van der Waals surface area contributed by atoms with Gasteiger partial charge in [-0.1, -0.05) is 18.5 Å². The quantitative estimate of drug-likeness (QED) is 0.480. The summed E-state index contributed by atoms with van der Waals surface area (Å²) >= 11 is 6.45. The average Bonchev–Trinajstić information content (AvgIpc) is 3.53. The van der Waals surface area contributed by atoms with Crippen LogP contribution >= 0.6 is 11.6 Å². The van der Waals surface area contributed by atoms with E-state index in [1.807, 2.05) is 25.1 Å². The molecule has 3 aliphatic rings. The highest BCUT2D eigenvalue weighted by Crippen LogP contribution is 2.53. The first-order chi connectivity index (χ1) is 16.8. The topological polar surface area (TPSA) is 103 Å². The van der Waals surface area contributed by atoms with Gasteiger partial charge in [0.25, 0.3) is 0 Å². The van der Waals surface area contributed by atoms with E-state index in [-0.39, 0.29) is 22.1 Å². The van der Waals surface area contributed by atoms with Crippen LogP contribution in [0.4, 0.5) is 5.69 Å². The van der Waals surface area contributed by atoms with Gasteiger partial charge < -0.3 is 24.5 Å². The summed E-state index contributed by atoms with van der Waals surface area (Å²) in [4.78, 5) is 35.1. The van der Waals surface area contributed by atoms with E-state index in [1.54, 1.807) is 0 Å². The molecule has 3 aromatic rings. The van der Waals surface area contributed by atoms with E-state index < -0.39 is 23.1 Å². The van der Waals surface area contributed by atoms with Crippen molar-refractivity contribution in [2.75, 3.05) is 19.5 Å². The summed E-state index contributed by atoms with van der Waals surface area (Å²) in [6, 6.07) is 7.41. The maximum Gasteiger partial charge on any atom is 0.236 e. The number of Topliss-reactive ketones (excluding diaryl/α,β-unsaturated/α-hetero) is 1. The lowest BCUT2D eigenvalue weighted by Gasteiger charge is -2.35. The fraction of sp³-hybridized carbons (Fsp3) is 0.346. The van der Waals surface area contributed by atoms with Crippen molar-refractivity contribution in [3.8, 4) is 17.2 Å². The van der Waals surface area contributed by atoms with Crippen LogP contribution in [-0.4, -0.2) is 41.4 Å². The van der Waals surface area contributed by atoms with Crippen LogP contribution < -0.4 is 19.5 Å². The molecule has 2 unspecified atom stereocenters. The summed E-state index contributed by atoms with van der Waals surface area (Å²) in [5.41, 5.74) is 1.88. The number of ether oxygens (including phenoxy) is 3. The zero-order valence-corrected chi connectivity index (χ0v) is 20.3. The Kier molecular flexibility index (Phi) is 4.86. The summed E-state index contributed by atoms with van der Waals surface area (Å²) in [6.45, 7) is 1.83. The molecule has 0 bridgehead atoms. The van der Waals surface area contributed by atoms with Crippen molar-refractivity contribution in [1.29, 1.82) is 0 Å². The SMILES string of the molecule is COc1cc(OC)c2c(c1Cl)OC1(C(=O)C=C(Nc3ccc4nc(C5CC5)[nH]c4c3)CC1C)C2=O. The lowest BCUT2D eigenvalue weighted by Crippen LogP contribution is -2.55. The number of aromatic amines is 1. The van der Waals surface area contributed by atoms with Crippen molar-refractivity contribution in [3.05, 3.63) is 52.4 Å². The highest BCUT2D eigenvalue weighted by molar-refractivity contribution is 6.36. The number of carbonyl (C=O) groups excluding carboxylic acids is 2. The molecule has 1 saturated carbocycles. The molecule has 2 aromatic carbocycles. The third kappa shape index (κ3) is 3.23. The number of hydrogen-bond donors (Lipinski definition) is 2. The molecule has 2 heterocycles. The predicted molar refractivity (Wildman–Crippen MR) is 131 cm³/mol. The van der Waals surface area contributed by atoms with Crippen molar-refractivity contribution in [1.82, 2.24) is 9.97 Å². The zero-order valence-electron chi connectivity index (χ0n) is 19.5.